The molecule has 0 bridgehead atoms. The number of carbonyl (C=O) groups is 1. The van der Waals surface area contributed by atoms with Gasteiger partial charge in [-0.15, -0.1) is 23.1 Å². The number of thiophene rings is 1. The Morgan fingerprint density at radius 1 is 1.11 bits per heavy atom. The lowest BCUT2D eigenvalue weighted by molar-refractivity contribution is 0.0584. The van der Waals surface area contributed by atoms with E-state index in [1.165, 1.54) is 4.88 Å². The quantitative estimate of drug-likeness (QED) is 0.675. The minimum absolute atomic E-state index is 0.0768. The summed E-state index contributed by atoms with van der Waals surface area (Å²) in [6.07, 6.45) is 0.721. The first-order valence-corrected chi connectivity index (χ1v) is 13.2. The van der Waals surface area contributed by atoms with Gasteiger partial charge in [0.2, 0.25) is 0 Å². The van der Waals surface area contributed by atoms with E-state index in [0.717, 1.165) is 35.7 Å². The van der Waals surface area contributed by atoms with E-state index in [1.807, 2.05) is 35.2 Å². The van der Waals surface area contributed by atoms with Gasteiger partial charge in [-0.05, 0) is 30.0 Å². The summed E-state index contributed by atoms with van der Waals surface area (Å²) in [5, 5.41) is 2.07. The number of hydrogen-bond donors (Lipinski definition) is 0. The molecule has 1 aromatic carbocycles. The van der Waals surface area contributed by atoms with Crippen LogP contribution in [-0.2, 0) is 15.6 Å². The number of piperazine rings is 1. The predicted molar refractivity (Wildman–Crippen MR) is 115 cm³/mol. The van der Waals surface area contributed by atoms with E-state index in [1.54, 1.807) is 23.1 Å². The molecule has 1 amide bonds. The molecule has 2 aromatic rings. The maximum absolute atomic E-state index is 13.1. The van der Waals surface area contributed by atoms with E-state index in [4.69, 9.17) is 0 Å². The molecule has 8 heteroatoms. The monoisotopic (exact) mass is 436 g/mol. The van der Waals surface area contributed by atoms with Crippen molar-refractivity contribution in [2.45, 2.75) is 23.1 Å². The Balaban J connectivity index is 1.37. The molecular weight excluding hydrogens is 412 g/mol. The van der Waals surface area contributed by atoms with E-state index in [-0.39, 0.29) is 17.7 Å². The maximum Gasteiger partial charge on any atom is 0.255 e. The largest absolute Gasteiger partial charge is 0.336 e. The number of hydrogen-bond acceptors (Lipinski definition) is 6. The molecule has 2 saturated heterocycles. The topological polar surface area (TPSA) is 57.7 Å². The second-order valence-corrected chi connectivity index (χ2v) is 11.5. The molecule has 4 rings (SSSR count). The fraction of sp³-hybridized carbons (Fsp3) is 0.450. The zero-order chi connectivity index (χ0) is 19.6. The van der Waals surface area contributed by atoms with Crippen molar-refractivity contribution in [2.24, 2.45) is 0 Å². The summed E-state index contributed by atoms with van der Waals surface area (Å²) in [5.41, 5.74) is 0.765. The third kappa shape index (κ3) is 4.62. The fourth-order valence-electron chi connectivity index (χ4n) is 3.84. The van der Waals surface area contributed by atoms with Crippen molar-refractivity contribution in [3.63, 3.8) is 0 Å². The van der Waals surface area contributed by atoms with Crippen LogP contribution in [0.5, 0.6) is 0 Å². The lowest BCUT2D eigenvalue weighted by Gasteiger charge is -2.37. The van der Waals surface area contributed by atoms with Crippen molar-refractivity contribution >= 4 is 38.8 Å². The van der Waals surface area contributed by atoms with Gasteiger partial charge in [-0.3, -0.25) is 9.69 Å². The molecular formula is C20H24N2O3S3. The molecule has 1 atom stereocenters. The van der Waals surface area contributed by atoms with Crippen LogP contribution in [-0.4, -0.2) is 67.9 Å². The van der Waals surface area contributed by atoms with Crippen molar-refractivity contribution in [3.05, 3.63) is 52.2 Å². The van der Waals surface area contributed by atoms with Gasteiger partial charge >= 0.3 is 0 Å². The van der Waals surface area contributed by atoms with Gasteiger partial charge in [0, 0.05) is 47.7 Å². The normalized spacial score (nSPS) is 22.4. The number of thioether (sulfide) groups is 1. The molecule has 2 aliphatic heterocycles. The smallest absolute Gasteiger partial charge is 0.255 e. The van der Waals surface area contributed by atoms with Gasteiger partial charge in [-0.25, -0.2) is 8.42 Å². The van der Waals surface area contributed by atoms with E-state index >= 15 is 0 Å². The first-order valence-electron chi connectivity index (χ1n) is 9.50. The first kappa shape index (κ1) is 19.9. The number of sulfone groups is 1. The highest BCUT2D eigenvalue weighted by molar-refractivity contribution is 7.98. The van der Waals surface area contributed by atoms with Gasteiger partial charge in [0.15, 0.2) is 9.84 Å². The average Bonchev–Trinajstić information content (AvgIpc) is 3.35. The SMILES string of the molecule is O=C(c1ccccc1SCc1cccs1)N1CCN([C@H]2CCS(=O)(=O)C2)CC1. The Kier molecular flexibility index (Phi) is 6.10. The minimum atomic E-state index is -2.87. The summed E-state index contributed by atoms with van der Waals surface area (Å²) < 4.78 is 23.5. The van der Waals surface area contributed by atoms with Crippen LogP contribution in [0.25, 0.3) is 0 Å². The Hall–Kier alpha value is -1.35. The lowest BCUT2D eigenvalue weighted by atomic mass is 10.1. The Labute approximate surface area is 174 Å². The highest BCUT2D eigenvalue weighted by Crippen LogP contribution is 2.29. The number of amides is 1. The molecule has 0 radical (unpaired) electrons. The van der Waals surface area contributed by atoms with Crippen molar-refractivity contribution in [2.75, 3.05) is 37.7 Å². The molecule has 2 fully saturated rings. The predicted octanol–water partition coefficient (Wildman–Crippen LogP) is 2.99. The van der Waals surface area contributed by atoms with E-state index in [9.17, 15) is 13.2 Å². The zero-order valence-corrected chi connectivity index (χ0v) is 18.1. The summed E-state index contributed by atoms with van der Waals surface area (Å²) in [4.78, 5) is 19.6. The Bertz CT molecular complexity index is 920. The fourth-order valence-corrected chi connectivity index (χ4v) is 7.42. The van der Waals surface area contributed by atoms with Crippen LogP contribution in [0.2, 0.25) is 0 Å². The van der Waals surface area contributed by atoms with Crippen LogP contribution in [0.1, 0.15) is 21.7 Å². The van der Waals surface area contributed by atoms with Gasteiger partial charge < -0.3 is 4.90 Å². The lowest BCUT2D eigenvalue weighted by Crippen LogP contribution is -2.52. The molecule has 3 heterocycles. The highest BCUT2D eigenvalue weighted by atomic mass is 32.2. The van der Waals surface area contributed by atoms with Crippen molar-refractivity contribution < 1.29 is 13.2 Å². The van der Waals surface area contributed by atoms with Gasteiger partial charge in [0.25, 0.3) is 5.91 Å². The van der Waals surface area contributed by atoms with Crippen LogP contribution >= 0.6 is 23.1 Å². The molecule has 0 unspecified atom stereocenters. The number of benzene rings is 1. The van der Waals surface area contributed by atoms with Gasteiger partial charge in [0.1, 0.15) is 0 Å². The van der Waals surface area contributed by atoms with Crippen LogP contribution in [0, 0.1) is 0 Å². The van der Waals surface area contributed by atoms with Gasteiger partial charge in [-0.1, -0.05) is 18.2 Å². The molecule has 0 spiro atoms. The molecule has 0 saturated carbocycles. The zero-order valence-electron chi connectivity index (χ0n) is 15.6. The summed E-state index contributed by atoms with van der Waals surface area (Å²) in [6, 6.07) is 12.1. The summed E-state index contributed by atoms with van der Waals surface area (Å²) in [6.45, 7) is 2.80. The van der Waals surface area contributed by atoms with Crippen molar-refractivity contribution in [1.29, 1.82) is 0 Å². The van der Waals surface area contributed by atoms with Crippen LogP contribution in [0.15, 0.2) is 46.7 Å². The maximum atomic E-state index is 13.1. The summed E-state index contributed by atoms with van der Waals surface area (Å²) >= 11 is 3.44. The first-order chi connectivity index (χ1) is 13.5. The molecule has 1 aromatic heterocycles. The molecule has 0 N–H and O–H groups in total. The summed E-state index contributed by atoms with van der Waals surface area (Å²) in [5.74, 6) is 1.51. The van der Waals surface area contributed by atoms with Crippen molar-refractivity contribution in [3.8, 4) is 0 Å². The Morgan fingerprint density at radius 3 is 2.57 bits per heavy atom. The third-order valence-electron chi connectivity index (χ3n) is 5.39. The number of rotatable bonds is 5. The van der Waals surface area contributed by atoms with Crippen molar-refractivity contribution in [1.82, 2.24) is 9.80 Å². The average molecular weight is 437 g/mol. The highest BCUT2D eigenvalue weighted by Gasteiger charge is 2.34. The number of nitrogens with zero attached hydrogens (tertiary/aromatic N) is 2. The van der Waals surface area contributed by atoms with Gasteiger partial charge in [-0.2, -0.15) is 0 Å². The minimum Gasteiger partial charge on any atom is -0.336 e. The van der Waals surface area contributed by atoms with Crippen LogP contribution < -0.4 is 0 Å². The number of carbonyl (C=O) groups excluding carboxylic acids is 1. The van der Waals surface area contributed by atoms with E-state index in [0.29, 0.717) is 18.8 Å². The molecule has 0 aliphatic carbocycles. The van der Waals surface area contributed by atoms with Gasteiger partial charge in [0.05, 0.1) is 17.1 Å². The molecule has 5 nitrogen and oxygen atoms in total. The third-order valence-corrected chi connectivity index (χ3v) is 9.33. The van der Waals surface area contributed by atoms with E-state index < -0.39 is 9.84 Å². The second-order valence-electron chi connectivity index (χ2n) is 7.25. The molecule has 150 valence electrons. The molecule has 2 aliphatic rings. The molecule has 28 heavy (non-hydrogen) atoms. The van der Waals surface area contributed by atoms with Crippen LogP contribution in [0.4, 0.5) is 0 Å². The summed E-state index contributed by atoms with van der Waals surface area (Å²) in [7, 11) is -2.87. The van der Waals surface area contributed by atoms with Crippen LogP contribution in [0.3, 0.4) is 0 Å². The second kappa shape index (κ2) is 8.57. The Morgan fingerprint density at radius 2 is 1.89 bits per heavy atom. The standard InChI is InChI=1S/C20H24N2O3S3/c23-20(18-5-1-2-6-19(18)27-14-17-4-3-12-26-17)22-10-8-21(9-11-22)16-7-13-28(24,25)15-16/h1-6,12,16H,7-11,13-15H2/t16-/m0/s1. The van der Waals surface area contributed by atoms with E-state index in [2.05, 4.69) is 16.3 Å².